The molecule has 1 atom stereocenters. The van der Waals surface area contributed by atoms with Crippen LogP contribution < -0.4 is 5.32 Å². The monoisotopic (exact) mass is 555 g/mol. The number of nitrogens with zero attached hydrogens (tertiary/aromatic N) is 2. The summed E-state index contributed by atoms with van der Waals surface area (Å²) in [6, 6.07) is 13.3. The highest BCUT2D eigenvalue weighted by Crippen LogP contribution is 2.37. The molecule has 7 heteroatoms. The van der Waals surface area contributed by atoms with Gasteiger partial charge in [-0.1, -0.05) is 66.2 Å². The van der Waals surface area contributed by atoms with Crippen LogP contribution in [0.4, 0.5) is 0 Å². The van der Waals surface area contributed by atoms with E-state index < -0.39 is 0 Å². The van der Waals surface area contributed by atoms with Crippen molar-refractivity contribution < 1.29 is 4.79 Å². The second kappa shape index (κ2) is 11.6. The molecule has 0 unspecified atom stereocenters. The Bertz CT molecular complexity index is 1310. The second-order valence-electron chi connectivity index (χ2n) is 10.3. The summed E-state index contributed by atoms with van der Waals surface area (Å²) in [7, 11) is 0. The zero-order valence-electron chi connectivity index (χ0n) is 21.1. The number of amides is 1. The Morgan fingerprint density at radius 2 is 1.68 bits per heavy atom. The average molecular weight is 557 g/mol. The van der Waals surface area contributed by atoms with Crippen molar-refractivity contribution in [2.45, 2.75) is 70.8 Å². The van der Waals surface area contributed by atoms with E-state index in [4.69, 9.17) is 39.9 Å². The molecule has 4 nitrogen and oxygen atoms in total. The van der Waals surface area contributed by atoms with Crippen molar-refractivity contribution in [2.75, 3.05) is 0 Å². The molecule has 5 rings (SSSR count). The first-order chi connectivity index (χ1) is 17.9. The molecule has 0 saturated heterocycles. The van der Waals surface area contributed by atoms with Gasteiger partial charge >= 0.3 is 0 Å². The van der Waals surface area contributed by atoms with E-state index in [0.717, 1.165) is 48.1 Å². The molecule has 2 aromatic carbocycles. The highest BCUT2D eigenvalue weighted by Gasteiger charge is 2.30. The molecule has 1 N–H and O–H groups in total. The highest BCUT2D eigenvalue weighted by atomic mass is 35.5. The topological polar surface area (TPSA) is 46.9 Å². The van der Waals surface area contributed by atoms with Gasteiger partial charge in [0.05, 0.1) is 16.4 Å². The fourth-order valence-corrected chi connectivity index (χ4v) is 6.30. The van der Waals surface area contributed by atoms with Crippen molar-refractivity contribution >= 4 is 52.4 Å². The van der Waals surface area contributed by atoms with Gasteiger partial charge in [-0.2, -0.15) is 5.10 Å². The van der Waals surface area contributed by atoms with Crippen LogP contribution in [0.5, 0.6) is 0 Å². The minimum Gasteiger partial charge on any atom is -0.348 e. The SMILES string of the molecule is C[C@@H](NC(=O)c1nn(-c2ccc(Cl)cc2Cl)c2c1CCCCC2=Cc1ccc(Cl)cc1)C1CCCCC1. The van der Waals surface area contributed by atoms with Crippen LogP contribution in [0.25, 0.3) is 17.3 Å². The molecule has 3 aromatic rings. The minimum atomic E-state index is -0.106. The molecule has 1 saturated carbocycles. The normalized spacial score (nSPS) is 18.3. The summed E-state index contributed by atoms with van der Waals surface area (Å²) < 4.78 is 1.85. The van der Waals surface area contributed by atoms with E-state index in [2.05, 4.69) is 18.3 Å². The molecule has 1 amide bonds. The van der Waals surface area contributed by atoms with Gasteiger partial charge in [-0.05, 0) is 98.9 Å². The zero-order valence-corrected chi connectivity index (χ0v) is 23.3. The Labute approximate surface area is 234 Å². The number of allylic oxidation sites excluding steroid dienone is 1. The first-order valence-electron chi connectivity index (χ1n) is 13.3. The molecular weight excluding hydrogens is 525 g/mol. The zero-order chi connectivity index (χ0) is 25.9. The number of carbonyl (C=O) groups is 1. The first-order valence-corrected chi connectivity index (χ1v) is 14.4. The summed E-state index contributed by atoms with van der Waals surface area (Å²) in [6.07, 6.45) is 12.0. The Balaban J connectivity index is 1.60. The molecule has 1 fully saturated rings. The maximum Gasteiger partial charge on any atom is 0.272 e. The van der Waals surface area contributed by atoms with Gasteiger partial charge in [0.2, 0.25) is 0 Å². The third-order valence-electron chi connectivity index (χ3n) is 7.69. The van der Waals surface area contributed by atoms with E-state index in [0.29, 0.717) is 32.4 Å². The Hall–Kier alpha value is -2.27. The van der Waals surface area contributed by atoms with Crippen LogP contribution in [-0.4, -0.2) is 21.7 Å². The van der Waals surface area contributed by atoms with Crippen LogP contribution in [-0.2, 0) is 6.42 Å². The molecule has 2 aliphatic rings. The lowest BCUT2D eigenvalue weighted by molar-refractivity contribution is 0.0913. The summed E-state index contributed by atoms with van der Waals surface area (Å²) >= 11 is 19.0. The Morgan fingerprint density at radius 1 is 0.973 bits per heavy atom. The number of halogens is 3. The predicted molar refractivity (Wildman–Crippen MR) is 154 cm³/mol. The lowest BCUT2D eigenvalue weighted by Gasteiger charge is -2.28. The smallest absolute Gasteiger partial charge is 0.272 e. The minimum absolute atomic E-state index is 0.106. The molecule has 0 spiro atoms. The van der Waals surface area contributed by atoms with Crippen LogP contribution in [0.15, 0.2) is 42.5 Å². The third-order valence-corrected chi connectivity index (χ3v) is 8.48. The number of nitrogens with one attached hydrogen (secondary N) is 1. The van der Waals surface area contributed by atoms with Gasteiger partial charge in [0.25, 0.3) is 5.91 Å². The lowest BCUT2D eigenvalue weighted by Crippen LogP contribution is -2.39. The molecule has 194 valence electrons. The van der Waals surface area contributed by atoms with Crippen molar-refractivity contribution in [1.82, 2.24) is 15.1 Å². The standard InChI is InChI=1S/C30H32Cl3N3O/c1-19(21-7-3-2-4-8-21)34-30(37)28-25-10-6-5-9-22(17-20-11-13-23(31)14-12-20)29(25)36(35-28)27-16-15-24(32)18-26(27)33/h11-19,21H,2-10H2,1H3,(H,34,37)/t19-/m1/s1. The van der Waals surface area contributed by atoms with E-state index >= 15 is 0 Å². The van der Waals surface area contributed by atoms with Crippen LogP contribution in [0.2, 0.25) is 15.1 Å². The van der Waals surface area contributed by atoms with Crippen molar-refractivity contribution in [3.05, 3.63) is 80.0 Å². The Kier molecular flexibility index (Phi) is 8.28. The van der Waals surface area contributed by atoms with E-state index in [-0.39, 0.29) is 11.9 Å². The van der Waals surface area contributed by atoms with Crippen molar-refractivity contribution in [3.63, 3.8) is 0 Å². The maximum absolute atomic E-state index is 13.7. The van der Waals surface area contributed by atoms with E-state index in [1.807, 2.05) is 35.0 Å². The summed E-state index contributed by atoms with van der Waals surface area (Å²) in [5, 5.41) is 9.96. The van der Waals surface area contributed by atoms with Gasteiger partial charge in [-0.3, -0.25) is 4.79 Å². The summed E-state index contributed by atoms with van der Waals surface area (Å²) in [5.41, 5.74) is 5.33. The lowest BCUT2D eigenvalue weighted by atomic mass is 9.84. The molecule has 1 aromatic heterocycles. The Morgan fingerprint density at radius 3 is 2.41 bits per heavy atom. The van der Waals surface area contributed by atoms with Gasteiger partial charge in [-0.15, -0.1) is 0 Å². The number of hydrogen-bond acceptors (Lipinski definition) is 2. The van der Waals surface area contributed by atoms with Crippen LogP contribution in [0.3, 0.4) is 0 Å². The number of carbonyl (C=O) groups excluding carboxylic acids is 1. The molecule has 2 aliphatic carbocycles. The van der Waals surface area contributed by atoms with Crippen LogP contribution >= 0.6 is 34.8 Å². The number of rotatable bonds is 5. The second-order valence-corrected chi connectivity index (χ2v) is 11.6. The quantitative estimate of drug-likeness (QED) is 0.319. The van der Waals surface area contributed by atoms with Crippen molar-refractivity contribution in [1.29, 1.82) is 0 Å². The summed E-state index contributed by atoms with van der Waals surface area (Å²) in [5.74, 6) is 0.412. The molecule has 1 heterocycles. The number of fused-ring (bicyclic) bond motifs is 1. The number of aromatic nitrogens is 2. The van der Waals surface area contributed by atoms with Crippen LogP contribution in [0, 0.1) is 5.92 Å². The molecule has 37 heavy (non-hydrogen) atoms. The summed E-state index contributed by atoms with van der Waals surface area (Å²) in [4.78, 5) is 13.7. The predicted octanol–water partition coefficient (Wildman–Crippen LogP) is 8.80. The highest BCUT2D eigenvalue weighted by molar-refractivity contribution is 6.35. The largest absolute Gasteiger partial charge is 0.348 e. The average Bonchev–Trinajstić information content (AvgIpc) is 3.14. The number of hydrogen-bond donors (Lipinski definition) is 1. The molecule has 0 aliphatic heterocycles. The van der Waals surface area contributed by atoms with E-state index in [1.54, 1.807) is 12.1 Å². The van der Waals surface area contributed by atoms with Gasteiger partial charge in [0.15, 0.2) is 5.69 Å². The number of benzene rings is 2. The van der Waals surface area contributed by atoms with E-state index in [1.165, 1.54) is 32.1 Å². The first kappa shape index (κ1) is 26.3. The van der Waals surface area contributed by atoms with Crippen LogP contribution in [0.1, 0.15) is 85.6 Å². The maximum atomic E-state index is 13.7. The molecular formula is C30H32Cl3N3O. The molecule has 0 bridgehead atoms. The third kappa shape index (κ3) is 5.92. The van der Waals surface area contributed by atoms with Gasteiger partial charge in [-0.25, -0.2) is 4.68 Å². The van der Waals surface area contributed by atoms with E-state index in [9.17, 15) is 4.79 Å². The van der Waals surface area contributed by atoms with Gasteiger partial charge in [0, 0.05) is 21.7 Å². The van der Waals surface area contributed by atoms with Gasteiger partial charge in [0.1, 0.15) is 0 Å². The molecule has 0 radical (unpaired) electrons. The van der Waals surface area contributed by atoms with Gasteiger partial charge < -0.3 is 5.32 Å². The fraction of sp³-hybridized carbons (Fsp3) is 0.400. The fourth-order valence-electron chi connectivity index (χ4n) is 5.69. The summed E-state index contributed by atoms with van der Waals surface area (Å²) in [6.45, 7) is 2.13. The van der Waals surface area contributed by atoms with Crippen molar-refractivity contribution in [3.8, 4) is 5.69 Å². The van der Waals surface area contributed by atoms with Crippen molar-refractivity contribution in [2.24, 2.45) is 5.92 Å².